The van der Waals surface area contributed by atoms with Crippen molar-refractivity contribution < 1.29 is 18.3 Å². The van der Waals surface area contributed by atoms with Crippen LogP contribution in [0.5, 0.6) is 11.5 Å². The molecule has 0 amide bonds. The Bertz CT molecular complexity index is 556. The second kappa shape index (κ2) is 6.18. The standard InChI is InChI=1S/C15H14F2O2/c1-11-4-2-3-5-15(11)19-9-8-18-12-6-7-13(16)14(17)10-12/h2-7,10H,8-9H2,1H3. The van der Waals surface area contributed by atoms with Gasteiger partial charge in [-0.15, -0.1) is 0 Å². The summed E-state index contributed by atoms with van der Waals surface area (Å²) in [7, 11) is 0. The van der Waals surface area contributed by atoms with Crippen LogP contribution < -0.4 is 9.47 Å². The number of para-hydroxylation sites is 1. The fourth-order valence-corrected chi connectivity index (χ4v) is 1.60. The van der Waals surface area contributed by atoms with E-state index in [1.54, 1.807) is 0 Å². The first-order valence-corrected chi connectivity index (χ1v) is 5.93. The molecule has 0 saturated heterocycles. The maximum atomic E-state index is 12.9. The van der Waals surface area contributed by atoms with Crippen molar-refractivity contribution in [3.63, 3.8) is 0 Å². The topological polar surface area (TPSA) is 18.5 Å². The number of hydrogen-bond acceptors (Lipinski definition) is 2. The molecule has 0 atom stereocenters. The zero-order valence-corrected chi connectivity index (χ0v) is 10.5. The second-order valence-corrected chi connectivity index (χ2v) is 4.04. The predicted octanol–water partition coefficient (Wildman–Crippen LogP) is 3.73. The third-order valence-corrected chi connectivity index (χ3v) is 2.59. The molecule has 0 radical (unpaired) electrons. The first-order valence-electron chi connectivity index (χ1n) is 5.93. The summed E-state index contributed by atoms with van der Waals surface area (Å²) < 4.78 is 36.4. The molecule has 2 aromatic rings. The molecule has 0 heterocycles. The van der Waals surface area contributed by atoms with E-state index < -0.39 is 11.6 Å². The Morgan fingerprint density at radius 2 is 1.63 bits per heavy atom. The lowest BCUT2D eigenvalue weighted by molar-refractivity contribution is 0.215. The lowest BCUT2D eigenvalue weighted by Crippen LogP contribution is -2.09. The summed E-state index contributed by atoms with van der Waals surface area (Å²) in [5.41, 5.74) is 1.04. The first-order chi connectivity index (χ1) is 9.16. The number of rotatable bonds is 5. The molecule has 0 bridgehead atoms. The average Bonchev–Trinajstić information content (AvgIpc) is 2.40. The monoisotopic (exact) mass is 264 g/mol. The Morgan fingerprint density at radius 3 is 2.37 bits per heavy atom. The van der Waals surface area contributed by atoms with Crippen LogP contribution in [0.1, 0.15) is 5.56 Å². The summed E-state index contributed by atoms with van der Waals surface area (Å²) >= 11 is 0. The van der Waals surface area contributed by atoms with Crippen LogP contribution in [0.25, 0.3) is 0 Å². The number of aryl methyl sites for hydroxylation is 1. The molecule has 0 aromatic heterocycles. The minimum absolute atomic E-state index is 0.263. The van der Waals surface area contributed by atoms with Crippen LogP contribution in [-0.2, 0) is 0 Å². The van der Waals surface area contributed by atoms with E-state index in [-0.39, 0.29) is 12.4 Å². The normalized spacial score (nSPS) is 10.3. The maximum absolute atomic E-state index is 12.9. The van der Waals surface area contributed by atoms with Crippen molar-refractivity contribution in [2.75, 3.05) is 13.2 Å². The Morgan fingerprint density at radius 1 is 0.895 bits per heavy atom. The molecule has 0 saturated carbocycles. The van der Waals surface area contributed by atoms with Gasteiger partial charge in [0.25, 0.3) is 0 Å². The average molecular weight is 264 g/mol. The lowest BCUT2D eigenvalue weighted by Gasteiger charge is -2.10. The molecule has 2 aromatic carbocycles. The highest BCUT2D eigenvalue weighted by Gasteiger charge is 2.03. The molecule has 0 aliphatic heterocycles. The zero-order valence-electron chi connectivity index (χ0n) is 10.5. The molecule has 100 valence electrons. The van der Waals surface area contributed by atoms with E-state index >= 15 is 0 Å². The van der Waals surface area contributed by atoms with E-state index in [0.29, 0.717) is 6.61 Å². The molecule has 0 aliphatic carbocycles. The van der Waals surface area contributed by atoms with Crippen molar-refractivity contribution in [3.8, 4) is 11.5 Å². The van der Waals surface area contributed by atoms with Crippen molar-refractivity contribution in [1.82, 2.24) is 0 Å². The zero-order chi connectivity index (χ0) is 13.7. The summed E-state index contributed by atoms with van der Waals surface area (Å²) in [6, 6.07) is 11.1. The molecule has 0 unspecified atom stereocenters. The predicted molar refractivity (Wildman–Crippen MR) is 68.5 cm³/mol. The quantitative estimate of drug-likeness (QED) is 0.766. The molecule has 2 nitrogen and oxygen atoms in total. The third-order valence-electron chi connectivity index (χ3n) is 2.59. The Kier molecular flexibility index (Phi) is 4.34. The maximum Gasteiger partial charge on any atom is 0.162 e. The van der Waals surface area contributed by atoms with Crippen LogP contribution in [0.15, 0.2) is 42.5 Å². The van der Waals surface area contributed by atoms with Gasteiger partial charge in [0.05, 0.1) is 0 Å². The van der Waals surface area contributed by atoms with Crippen molar-refractivity contribution in [2.24, 2.45) is 0 Å². The van der Waals surface area contributed by atoms with Gasteiger partial charge >= 0.3 is 0 Å². The second-order valence-electron chi connectivity index (χ2n) is 4.04. The molecule has 0 aliphatic rings. The van der Waals surface area contributed by atoms with Gasteiger partial charge in [-0.05, 0) is 30.7 Å². The highest BCUT2D eigenvalue weighted by molar-refractivity contribution is 5.31. The molecule has 0 spiro atoms. The third kappa shape index (κ3) is 3.68. The molecule has 2 rings (SSSR count). The fourth-order valence-electron chi connectivity index (χ4n) is 1.60. The van der Waals surface area contributed by atoms with Crippen molar-refractivity contribution >= 4 is 0 Å². The summed E-state index contributed by atoms with van der Waals surface area (Å²) in [5.74, 6) is -0.732. The van der Waals surface area contributed by atoms with Crippen molar-refractivity contribution in [2.45, 2.75) is 6.92 Å². The minimum atomic E-state index is -0.919. The first kappa shape index (κ1) is 13.3. The van der Waals surface area contributed by atoms with E-state index in [0.717, 1.165) is 23.4 Å². The van der Waals surface area contributed by atoms with Crippen LogP contribution in [0.3, 0.4) is 0 Å². The molecule has 4 heteroatoms. The van der Waals surface area contributed by atoms with Crippen molar-refractivity contribution in [1.29, 1.82) is 0 Å². The van der Waals surface area contributed by atoms with Crippen LogP contribution >= 0.6 is 0 Å². The summed E-state index contributed by atoms with van der Waals surface area (Å²) in [6.07, 6.45) is 0. The van der Waals surface area contributed by atoms with Gasteiger partial charge < -0.3 is 9.47 Å². The molecular weight excluding hydrogens is 250 g/mol. The molecule has 19 heavy (non-hydrogen) atoms. The van der Waals surface area contributed by atoms with Gasteiger partial charge in [0, 0.05) is 6.07 Å². The van der Waals surface area contributed by atoms with Gasteiger partial charge in [0.2, 0.25) is 0 Å². The number of hydrogen-bond donors (Lipinski definition) is 0. The minimum Gasteiger partial charge on any atom is -0.490 e. The summed E-state index contributed by atoms with van der Waals surface area (Å²) in [4.78, 5) is 0. The van der Waals surface area contributed by atoms with Gasteiger partial charge in [0.15, 0.2) is 11.6 Å². The fraction of sp³-hybridized carbons (Fsp3) is 0.200. The van der Waals surface area contributed by atoms with E-state index in [9.17, 15) is 8.78 Å². The highest BCUT2D eigenvalue weighted by atomic mass is 19.2. The summed E-state index contributed by atoms with van der Waals surface area (Å²) in [6.45, 7) is 2.55. The van der Waals surface area contributed by atoms with E-state index in [2.05, 4.69) is 0 Å². The molecule has 0 N–H and O–H groups in total. The summed E-state index contributed by atoms with van der Waals surface area (Å²) in [5, 5.41) is 0. The van der Waals surface area contributed by atoms with Crippen LogP contribution in [0.4, 0.5) is 8.78 Å². The van der Waals surface area contributed by atoms with Gasteiger partial charge in [-0.2, -0.15) is 0 Å². The number of ether oxygens (including phenoxy) is 2. The number of halogens is 2. The van der Waals surface area contributed by atoms with Crippen LogP contribution in [-0.4, -0.2) is 13.2 Å². The Labute approximate surface area is 110 Å². The molecular formula is C15H14F2O2. The van der Waals surface area contributed by atoms with E-state index in [1.807, 2.05) is 31.2 Å². The largest absolute Gasteiger partial charge is 0.490 e. The van der Waals surface area contributed by atoms with Gasteiger partial charge in [0.1, 0.15) is 24.7 Å². The Balaban J connectivity index is 1.81. The van der Waals surface area contributed by atoms with E-state index in [4.69, 9.17) is 9.47 Å². The Hall–Kier alpha value is -2.10. The van der Waals surface area contributed by atoms with Gasteiger partial charge in [-0.3, -0.25) is 0 Å². The van der Waals surface area contributed by atoms with Crippen LogP contribution in [0.2, 0.25) is 0 Å². The highest BCUT2D eigenvalue weighted by Crippen LogP contribution is 2.17. The SMILES string of the molecule is Cc1ccccc1OCCOc1ccc(F)c(F)c1. The lowest BCUT2D eigenvalue weighted by atomic mass is 10.2. The number of benzene rings is 2. The van der Waals surface area contributed by atoms with Crippen LogP contribution in [0, 0.1) is 18.6 Å². The smallest absolute Gasteiger partial charge is 0.162 e. The van der Waals surface area contributed by atoms with Gasteiger partial charge in [-0.25, -0.2) is 8.78 Å². The molecule has 0 fully saturated rings. The van der Waals surface area contributed by atoms with Gasteiger partial charge in [-0.1, -0.05) is 18.2 Å². The van der Waals surface area contributed by atoms with E-state index in [1.165, 1.54) is 6.07 Å². The van der Waals surface area contributed by atoms with Crippen molar-refractivity contribution in [3.05, 3.63) is 59.7 Å².